The molecule has 6 heteroatoms. The Morgan fingerprint density at radius 2 is 2.27 bits per heavy atom. The number of aliphatic carboxylic acids is 1. The molecule has 0 aliphatic heterocycles. The molecule has 15 heavy (non-hydrogen) atoms. The Morgan fingerprint density at radius 1 is 1.60 bits per heavy atom. The van der Waals surface area contributed by atoms with Crippen LogP contribution in [0.3, 0.4) is 0 Å². The zero-order valence-electron chi connectivity index (χ0n) is 7.78. The number of nitrogens with zero attached hydrogens (tertiary/aromatic N) is 1. The van der Waals surface area contributed by atoms with E-state index in [1.54, 1.807) is 6.07 Å². The Balaban J connectivity index is 2.92. The van der Waals surface area contributed by atoms with Gasteiger partial charge < -0.3 is 10.8 Å². The molecule has 1 atom stereocenters. The number of hydrogen-bond donors (Lipinski definition) is 2. The van der Waals surface area contributed by atoms with E-state index in [4.69, 9.17) is 34.0 Å². The number of pyridine rings is 1. The van der Waals surface area contributed by atoms with Crippen molar-refractivity contribution in [3.63, 3.8) is 0 Å². The van der Waals surface area contributed by atoms with Gasteiger partial charge in [-0.1, -0.05) is 23.2 Å². The molecule has 1 aromatic heterocycles. The van der Waals surface area contributed by atoms with Crippen molar-refractivity contribution < 1.29 is 9.90 Å². The van der Waals surface area contributed by atoms with Crippen molar-refractivity contribution in [1.82, 2.24) is 4.98 Å². The number of halogens is 2. The molecule has 0 saturated heterocycles. The fraction of sp³-hybridized carbons (Fsp3) is 0.333. The molecule has 1 rings (SSSR count). The molecule has 0 fully saturated rings. The van der Waals surface area contributed by atoms with Crippen LogP contribution in [-0.2, 0) is 4.79 Å². The van der Waals surface area contributed by atoms with E-state index >= 15 is 0 Å². The van der Waals surface area contributed by atoms with Gasteiger partial charge in [0.2, 0.25) is 0 Å². The summed E-state index contributed by atoms with van der Waals surface area (Å²) in [4.78, 5) is 14.4. The van der Waals surface area contributed by atoms with E-state index in [9.17, 15) is 4.79 Å². The maximum atomic E-state index is 10.6. The van der Waals surface area contributed by atoms with Crippen LogP contribution < -0.4 is 5.73 Å². The van der Waals surface area contributed by atoms with Crippen molar-refractivity contribution in [2.45, 2.75) is 12.3 Å². The first kappa shape index (κ1) is 12.2. The van der Waals surface area contributed by atoms with Gasteiger partial charge in [-0.15, -0.1) is 0 Å². The monoisotopic (exact) mass is 248 g/mol. The summed E-state index contributed by atoms with van der Waals surface area (Å²) in [6.07, 6.45) is 1.45. The van der Waals surface area contributed by atoms with Crippen LogP contribution in [0.2, 0.25) is 10.2 Å². The van der Waals surface area contributed by atoms with Gasteiger partial charge in [-0.05, 0) is 18.2 Å². The van der Waals surface area contributed by atoms with E-state index in [1.807, 2.05) is 0 Å². The summed E-state index contributed by atoms with van der Waals surface area (Å²) in [5.41, 5.74) is 6.16. The molecule has 0 aliphatic rings. The average molecular weight is 249 g/mol. The van der Waals surface area contributed by atoms with Crippen LogP contribution in [0.25, 0.3) is 0 Å². The molecule has 0 spiro atoms. The van der Waals surface area contributed by atoms with E-state index in [0.29, 0.717) is 10.6 Å². The molecule has 0 aromatic carbocycles. The number of carbonyl (C=O) groups is 1. The highest BCUT2D eigenvalue weighted by Crippen LogP contribution is 2.25. The van der Waals surface area contributed by atoms with Crippen LogP contribution in [-0.4, -0.2) is 22.6 Å². The first-order valence-corrected chi connectivity index (χ1v) is 5.03. The quantitative estimate of drug-likeness (QED) is 0.799. The first-order chi connectivity index (χ1) is 7.04. The third-order valence-electron chi connectivity index (χ3n) is 1.99. The minimum Gasteiger partial charge on any atom is -0.481 e. The average Bonchev–Trinajstić information content (AvgIpc) is 2.18. The number of hydrogen-bond acceptors (Lipinski definition) is 3. The van der Waals surface area contributed by atoms with E-state index in [1.165, 1.54) is 6.20 Å². The second-order valence-electron chi connectivity index (χ2n) is 3.07. The van der Waals surface area contributed by atoms with Crippen molar-refractivity contribution in [2.75, 3.05) is 6.54 Å². The lowest BCUT2D eigenvalue weighted by molar-refractivity contribution is -0.137. The predicted octanol–water partition coefficient (Wildman–Crippen LogP) is 1.91. The molecule has 0 radical (unpaired) electrons. The van der Waals surface area contributed by atoms with Crippen molar-refractivity contribution in [3.05, 3.63) is 28.0 Å². The molecule has 4 nitrogen and oxygen atoms in total. The molecule has 0 saturated carbocycles. The van der Waals surface area contributed by atoms with Crippen LogP contribution in [0, 0.1) is 0 Å². The molecular weight excluding hydrogens is 239 g/mol. The van der Waals surface area contributed by atoms with Gasteiger partial charge in [0, 0.05) is 12.1 Å². The van der Waals surface area contributed by atoms with Gasteiger partial charge in [0.1, 0.15) is 5.15 Å². The summed E-state index contributed by atoms with van der Waals surface area (Å²) in [6, 6.07) is 1.59. The Labute approximate surface area is 97.0 Å². The van der Waals surface area contributed by atoms with Crippen LogP contribution in [0.1, 0.15) is 17.9 Å². The molecule has 0 bridgehead atoms. The van der Waals surface area contributed by atoms with E-state index < -0.39 is 5.97 Å². The van der Waals surface area contributed by atoms with Crippen molar-refractivity contribution in [3.8, 4) is 0 Å². The van der Waals surface area contributed by atoms with E-state index in [0.717, 1.165) is 0 Å². The van der Waals surface area contributed by atoms with Crippen molar-refractivity contribution >= 4 is 29.2 Å². The van der Waals surface area contributed by atoms with Crippen LogP contribution in [0.15, 0.2) is 12.3 Å². The zero-order valence-corrected chi connectivity index (χ0v) is 9.29. The Bertz CT molecular complexity index is 371. The van der Waals surface area contributed by atoms with Crippen molar-refractivity contribution in [1.29, 1.82) is 0 Å². The zero-order chi connectivity index (χ0) is 11.4. The standard InChI is InChI=1S/C9H10Cl2N2O2/c10-7-1-6(4-13-9(7)11)5(3-12)2-8(14)15/h1,4-5H,2-3,12H2,(H,14,15). The topological polar surface area (TPSA) is 76.2 Å². The molecule has 1 heterocycles. The molecule has 3 N–H and O–H groups in total. The lowest BCUT2D eigenvalue weighted by Gasteiger charge is -2.12. The number of carboxylic acid groups (broad SMARTS) is 1. The van der Waals surface area contributed by atoms with Gasteiger partial charge in [-0.25, -0.2) is 4.98 Å². The maximum absolute atomic E-state index is 10.6. The SMILES string of the molecule is NCC(CC(=O)O)c1cnc(Cl)c(Cl)c1. The van der Waals surface area contributed by atoms with Gasteiger partial charge in [-0.2, -0.15) is 0 Å². The lowest BCUT2D eigenvalue weighted by Crippen LogP contribution is -2.16. The number of nitrogens with two attached hydrogens (primary N) is 1. The summed E-state index contributed by atoms with van der Waals surface area (Å²) in [5.74, 6) is -1.19. The van der Waals surface area contributed by atoms with E-state index in [2.05, 4.69) is 4.98 Å². The molecule has 0 amide bonds. The largest absolute Gasteiger partial charge is 0.481 e. The lowest BCUT2D eigenvalue weighted by atomic mass is 9.98. The summed E-state index contributed by atoms with van der Waals surface area (Å²) < 4.78 is 0. The molecule has 0 aliphatic carbocycles. The minimum atomic E-state index is -0.906. The normalized spacial score (nSPS) is 12.5. The van der Waals surface area contributed by atoms with Crippen LogP contribution in [0.5, 0.6) is 0 Å². The number of rotatable bonds is 4. The Morgan fingerprint density at radius 3 is 2.73 bits per heavy atom. The molecule has 1 aromatic rings. The molecule has 1 unspecified atom stereocenters. The van der Waals surface area contributed by atoms with Gasteiger partial charge in [0.05, 0.1) is 11.4 Å². The summed E-state index contributed by atoms with van der Waals surface area (Å²) in [5, 5.41) is 9.17. The van der Waals surface area contributed by atoms with Crippen LogP contribution in [0.4, 0.5) is 0 Å². The fourth-order valence-corrected chi connectivity index (χ4v) is 1.49. The predicted molar refractivity (Wildman–Crippen MR) is 58.3 cm³/mol. The third kappa shape index (κ3) is 3.34. The first-order valence-electron chi connectivity index (χ1n) is 4.27. The van der Waals surface area contributed by atoms with Crippen LogP contribution >= 0.6 is 23.2 Å². The Kier molecular flexibility index (Phi) is 4.32. The summed E-state index contributed by atoms with van der Waals surface area (Å²) in [7, 11) is 0. The fourth-order valence-electron chi connectivity index (χ4n) is 1.21. The smallest absolute Gasteiger partial charge is 0.304 e. The number of carboxylic acids is 1. The molecular formula is C9H10Cl2N2O2. The van der Waals surface area contributed by atoms with Crippen molar-refractivity contribution in [2.24, 2.45) is 5.73 Å². The van der Waals surface area contributed by atoms with Gasteiger partial charge in [0.15, 0.2) is 0 Å². The van der Waals surface area contributed by atoms with Gasteiger partial charge in [-0.3, -0.25) is 4.79 Å². The highest BCUT2D eigenvalue weighted by molar-refractivity contribution is 6.41. The summed E-state index contributed by atoms with van der Waals surface area (Å²) in [6.45, 7) is 0.228. The molecule has 82 valence electrons. The number of aromatic nitrogens is 1. The minimum absolute atomic E-state index is 0.0455. The third-order valence-corrected chi connectivity index (χ3v) is 2.68. The van der Waals surface area contributed by atoms with Gasteiger partial charge >= 0.3 is 5.97 Å². The van der Waals surface area contributed by atoms with Gasteiger partial charge in [0.25, 0.3) is 0 Å². The highest BCUT2D eigenvalue weighted by atomic mass is 35.5. The maximum Gasteiger partial charge on any atom is 0.304 e. The highest BCUT2D eigenvalue weighted by Gasteiger charge is 2.15. The second-order valence-corrected chi connectivity index (χ2v) is 3.84. The summed E-state index contributed by atoms with van der Waals surface area (Å²) >= 11 is 11.4. The van der Waals surface area contributed by atoms with E-state index in [-0.39, 0.29) is 24.0 Å². The second kappa shape index (κ2) is 5.30. The Hall–Kier alpha value is -0.840.